The van der Waals surface area contributed by atoms with E-state index in [0.717, 1.165) is 41.9 Å². The third kappa shape index (κ3) is 5.37. The van der Waals surface area contributed by atoms with Crippen LogP contribution in [-0.2, 0) is 6.42 Å². The van der Waals surface area contributed by atoms with Crippen molar-refractivity contribution in [1.82, 2.24) is 20.5 Å². The van der Waals surface area contributed by atoms with Crippen LogP contribution in [0.4, 0.5) is 0 Å². The van der Waals surface area contributed by atoms with Crippen LogP contribution in [0.15, 0.2) is 33.2 Å². The number of aromatic nitrogens is 1. The van der Waals surface area contributed by atoms with Gasteiger partial charge in [-0.3, -0.25) is 9.89 Å². The highest BCUT2D eigenvalue weighted by Crippen LogP contribution is 2.17. The summed E-state index contributed by atoms with van der Waals surface area (Å²) in [5.74, 6) is 1.73. The van der Waals surface area contributed by atoms with E-state index in [2.05, 4.69) is 30.9 Å². The zero-order chi connectivity index (χ0) is 16.7. The molecule has 2 heterocycles. The summed E-state index contributed by atoms with van der Waals surface area (Å²) in [6.45, 7) is 3.55. The summed E-state index contributed by atoms with van der Waals surface area (Å²) in [5, 5.41) is 9.88. The van der Waals surface area contributed by atoms with Crippen LogP contribution in [0.1, 0.15) is 22.5 Å². The van der Waals surface area contributed by atoms with Crippen molar-refractivity contribution in [1.29, 1.82) is 0 Å². The summed E-state index contributed by atoms with van der Waals surface area (Å²) < 4.78 is 5.52. The first-order valence-corrected chi connectivity index (χ1v) is 8.53. The summed E-state index contributed by atoms with van der Waals surface area (Å²) in [7, 11) is 5.85. The Balaban J connectivity index is 1.79. The molecular weight excluding hydrogens is 310 g/mol. The van der Waals surface area contributed by atoms with Crippen molar-refractivity contribution < 1.29 is 4.42 Å². The number of aliphatic imine (C=N–C) groups is 1. The Morgan fingerprint density at radius 3 is 2.83 bits per heavy atom. The van der Waals surface area contributed by atoms with Crippen molar-refractivity contribution in [2.24, 2.45) is 4.99 Å². The maximum absolute atomic E-state index is 5.52. The van der Waals surface area contributed by atoms with E-state index >= 15 is 0 Å². The predicted octanol–water partition coefficient (Wildman–Crippen LogP) is 2.05. The molecule has 126 valence electrons. The van der Waals surface area contributed by atoms with E-state index in [0.29, 0.717) is 0 Å². The lowest BCUT2D eigenvalue weighted by Gasteiger charge is -2.23. The minimum atomic E-state index is 0.157. The lowest BCUT2D eigenvalue weighted by molar-refractivity contribution is 0.258. The minimum Gasteiger partial charge on any atom is -0.468 e. The summed E-state index contributed by atoms with van der Waals surface area (Å²) in [4.78, 5) is 10.9. The van der Waals surface area contributed by atoms with Crippen molar-refractivity contribution in [3.05, 3.63) is 40.2 Å². The summed E-state index contributed by atoms with van der Waals surface area (Å²) >= 11 is 1.68. The first-order valence-electron chi connectivity index (χ1n) is 7.65. The van der Waals surface area contributed by atoms with Crippen LogP contribution in [-0.4, -0.2) is 50.1 Å². The van der Waals surface area contributed by atoms with E-state index in [1.54, 1.807) is 24.6 Å². The number of guanidine groups is 1. The second-order valence-electron chi connectivity index (χ2n) is 5.48. The minimum absolute atomic E-state index is 0.157. The van der Waals surface area contributed by atoms with Gasteiger partial charge in [0.1, 0.15) is 5.76 Å². The standard InChI is InChI=1S/C16H25N5OS/c1-12-20-13(11-23-12)7-8-18-16(17-2)19-10-14(21(3)4)15-6-5-9-22-15/h5-6,9,11,14H,7-8,10H2,1-4H3,(H2,17,18,19). The van der Waals surface area contributed by atoms with Crippen LogP contribution in [0.3, 0.4) is 0 Å². The molecule has 0 aromatic carbocycles. The SMILES string of the molecule is CN=C(NCCc1csc(C)n1)NCC(c1ccco1)N(C)C. The van der Waals surface area contributed by atoms with Gasteiger partial charge in [0, 0.05) is 31.9 Å². The fourth-order valence-corrected chi connectivity index (χ4v) is 2.91. The van der Waals surface area contributed by atoms with E-state index in [9.17, 15) is 0 Å². The number of furan rings is 1. The van der Waals surface area contributed by atoms with Gasteiger partial charge in [0.2, 0.25) is 0 Å². The molecule has 0 spiro atoms. The van der Waals surface area contributed by atoms with Gasteiger partial charge < -0.3 is 15.1 Å². The van der Waals surface area contributed by atoms with Gasteiger partial charge in [-0.05, 0) is 33.2 Å². The summed E-state index contributed by atoms with van der Waals surface area (Å²) in [5.41, 5.74) is 1.12. The van der Waals surface area contributed by atoms with Gasteiger partial charge in [-0.1, -0.05) is 0 Å². The van der Waals surface area contributed by atoms with E-state index in [1.807, 2.05) is 33.2 Å². The largest absolute Gasteiger partial charge is 0.468 e. The molecule has 2 N–H and O–H groups in total. The average Bonchev–Trinajstić information content (AvgIpc) is 3.17. The molecular formula is C16H25N5OS. The van der Waals surface area contributed by atoms with Gasteiger partial charge >= 0.3 is 0 Å². The van der Waals surface area contributed by atoms with Gasteiger partial charge in [0.15, 0.2) is 5.96 Å². The molecule has 0 aliphatic carbocycles. The van der Waals surface area contributed by atoms with Crippen LogP contribution in [0.5, 0.6) is 0 Å². The lowest BCUT2D eigenvalue weighted by atomic mass is 10.2. The van der Waals surface area contributed by atoms with Gasteiger partial charge in [0.25, 0.3) is 0 Å². The number of rotatable bonds is 7. The fraction of sp³-hybridized carbons (Fsp3) is 0.500. The van der Waals surface area contributed by atoms with E-state index in [4.69, 9.17) is 4.42 Å². The third-order valence-electron chi connectivity index (χ3n) is 3.52. The Hall–Kier alpha value is -1.86. The van der Waals surface area contributed by atoms with E-state index < -0.39 is 0 Å². The Kier molecular flexibility index (Phi) is 6.61. The Morgan fingerprint density at radius 2 is 2.26 bits per heavy atom. The lowest BCUT2D eigenvalue weighted by Crippen LogP contribution is -2.42. The van der Waals surface area contributed by atoms with Crippen molar-refractivity contribution in [2.75, 3.05) is 34.2 Å². The molecule has 0 bridgehead atoms. The molecule has 0 fully saturated rings. The Morgan fingerprint density at radius 1 is 1.43 bits per heavy atom. The van der Waals surface area contributed by atoms with Crippen LogP contribution in [0.25, 0.3) is 0 Å². The van der Waals surface area contributed by atoms with Crippen LogP contribution in [0, 0.1) is 6.92 Å². The first kappa shape index (κ1) is 17.5. The molecule has 1 unspecified atom stereocenters. The third-order valence-corrected chi connectivity index (χ3v) is 4.34. The zero-order valence-corrected chi connectivity index (χ0v) is 15.0. The summed E-state index contributed by atoms with van der Waals surface area (Å²) in [6, 6.07) is 4.06. The second-order valence-corrected chi connectivity index (χ2v) is 6.54. The van der Waals surface area contributed by atoms with Gasteiger partial charge in [0.05, 0.1) is 23.0 Å². The van der Waals surface area contributed by atoms with Crippen LogP contribution >= 0.6 is 11.3 Å². The molecule has 0 amide bonds. The highest BCUT2D eigenvalue weighted by Gasteiger charge is 2.17. The predicted molar refractivity (Wildman–Crippen MR) is 95.1 cm³/mol. The molecule has 2 rings (SSSR count). The molecule has 0 saturated carbocycles. The zero-order valence-electron chi connectivity index (χ0n) is 14.2. The molecule has 0 radical (unpaired) electrons. The van der Waals surface area contributed by atoms with Crippen molar-refractivity contribution >= 4 is 17.3 Å². The van der Waals surface area contributed by atoms with Crippen LogP contribution < -0.4 is 10.6 Å². The highest BCUT2D eigenvalue weighted by molar-refractivity contribution is 7.09. The van der Waals surface area contributed by atoms with Crippen LogP contribution in [0.2, 0.25) is 0 Å². The number of nitrogens with zero attached hydrogens (tertiary/aromatic N) is 3. The van der Waals surface area contributed by atoms with Gasteiger partial charge in [-0.2, -0.15) is 0 Å². The number of thiazole rings is 1. The molecule has 23 heavy (non-hydrogen) atoms. The van der Waals surface area contributed by atoms with Gasteiger partial charge in [-0.25, -0.2) is 4.98 Å². The molecule has 7 heteroatoms. The molecule has 6 nitrogen and oxygen atoms in total. The number of likely N-dealkylation sites (N-methyl/N-ethyl adjacent to an activating group) is 1. The van der Waals surface area contributed by atoms with E-state index in [1.165, 1.54) is 0 Å². The molecule has 2 aromatic rings. The topological polar surface area (TPSA) is 65.7 Å². The normalized spacial score (nSPS) is 13.3. The maximum Gasteiger partial charge on any atom is 0.191 e. The maximum atomic E-state index is 5.52. The number of hydrogen-bond donors (Lipinski definition) is 2. The molecule has 0 aliphatic heterocycles. The summed E-state index contributed by atoms with van der Waals surface area (Å²) in [6.07, 6.45) is 2.59. The fourth-order valence-electron chi connectivity index (χ4n) is 2.26. The Labute approximate surface area is 141 Å². The molecule has 2 aromatic heterocycles. The first-order chi connectivity index (χ1) is 11.1. The van der Waals surface area contributed by atoms with Crippen molar-refractivity contribution in [3.8, 4) is 0 Å². The molecule has 1 atom stereocenters. The van der Waals surface area contributed by atoms with Crippen molar-refractivity contribution in [2.45, 2.75) is 19.4 Å². The monoisotopic (exact) mass is 335 g/mol. The van der Waals surface area contributed by atoms with Crippen molar-refractivity contribution in [3.63, 3.8) is 0 Å². The number of nitrogens with one attached hydrogen (secondary N) is 2. The molecule has 0 saturated heterocycles. The van der Waals surface area contributed by atoms with Gasteiger partial charge in [-0.15, -0.1) is 11.3 Å². The highest BCUT2D eigenvalue weighted by atomic mass is 32.1. The smallest absolute Gasteiger partial charge is 0.191 e. The molecule has 0 aliphatic rings. The second kappa shape index (κ2) is 8.69. The number of aryl methyl sites for hydroxylation is 1. The Bertz CT molecular complexity index is 606. The quantitative estimate of drug-likeness (QED) is 0.599. The van der Waals surface area contributed by atoms with E-state index in [-0.39, 0.29) is 6.04 Å². The average molecular weight is 335 g/mol. The number of hydrogen-bond acceptors (Lipinski definition) is 5.